The average molecular weight is 234 g/mol. The number of para-hydroxylation sites is 1. The molecule has 0 fully saturated rings. The molecule has 4 nitrogen and oxygen atoms in total. The second-order valence-corrected chi connectivity index (χ2v) is 3.58. The minimum atomic E-state index is -0.101. The number of nitrogens with zero attached hydrogens (tertiary/aromatic N) is 1. The van der Waals surface area contributed by atoms with Crippen LogP contribution in [0.15, 0.2) is 36.9 Å². The van der Waals surface area contributed by atoms with Gasteiger partial charge in [0.15, 0.2) is 0 Å². The van der Waals surface area contributed by atoms with E-state index in [0.29, 0.717) is 13.1 Å². The van der Waals surface area contributed by atoms with Gasteiger partial charge < -0.3 is 15.4 Å². The van der Waals surface area contributed by atoms with Crippen molar-refractivity contribution in [1.29, 1.82) is 0 Å². The Kier molecular flexibility index (Phi) is 5.23. The molecule has 1 rings (SSSR count). The molecule has 0 saturated carbocycles. The fourth-order valence-corrected chi connectivity index (χ4v) is 1.58. The average Bonchev–Trinajstić information content (AvgIpc) is 2.38. The lowest BCUT2D eigenvalue weighted by Gasteiger charge is -2.21. The number of amides is 1. The highest BCUT2D eigenvalue weighted by atomic mass is 16.5. The molecule has 17 heavy (non-hydrogen) atoms. The molecule has 2 N–H and O–H groups in total. The molecule has 92 valence electrons. The van der Waals surface area contributed by atoms with Crippen LogP contribution in [0.2, 0.25) is 0 Å². The van der Waals surface area contributed by atoms with Crippen molar-refractivity contribution in [2.24, 2.45) is 5.73 Å². The van der Waals surface area contributed by atoms with E-state index in [2.05, 4.69) is 6.58 Å². The number of ether oxygens (including phenoxy) is 1. The van der Waals surface area contributed by atoms with Crippen molar-refractivity contribution in [2.75, 3.05) is 20.2 Å². The summed E-state index contributed by atoms with van der Waals surface area (Å²) in [6.45, 7) is 4.60. The van der Waals surface area contributed by atoms with Crippen LogP contribution in [0.25, 0.3) is 0 Å². The number of carbonyl (C=O) groups is 1. The summed E-state index contributed by atoms with van der Waals surface area (Å²) in [6.07, 6.45) is 1.68. The first-order valence-electron chi connectivity index (χ1n) is 5.43. The Bertz CT molecular complexity index is 391. The summed E-state index contributed by atoms with van der Waals surface area (Å²) in [4.78, 5) is 13.3. The van der Waals surface area contributed by atoms with Crippen LogP contribution in [0.3, 0.4) is 0 Å². The Balaban J connectivity index is 2.85. The number of carbonyl (C=O) groups excluding carboxylic acids is 1. The first-order chi connectivity index (χ1) is 8.22. The van der Waals surface area contributed by atoms with Crippen molar-refractivity contribution in [3.05, 3.63) is 42.5 Å². The standard InChI is InChI=1S/C13H18N2O2/c1-3-8-15(13(16)9-14)10-11-6-4-5-7-12(11)17-2/h3-7H,1,8-10,14H2,2H3. The third kappa shape index (κ3) is 3.60. The van der Waals surface area contributed by atoms with Crippen LogP contribution in [-0.2, 0) is 11.3 Å². The highest BCUT2D eigenvalue weighted by Gasteiger charge is 2.12. The van der Waals surface area contributed by atoms with Crippen LogP contribution < -0.4 is 10.5 Å². The maximum absolute atomic E-state index is 11.6. The molecule has 0 spiro atoms. The minimum absolute atomic E-state index is 0.00297. The van der Waals surface area contributed by atoms with Crippen LogP contribution >= 0.6 is 0 Å². The fourth-order valence-electron chi connectivity index (χ4n) is 1.58. The van der Waals surface area contributed by atoms with Gasteiger partial charge in [-0.25, -0.2) is 0 Å². The first kappa shape index (κ1) is 13.3. The van der Waals surface area contributed by atoms with Gasteiger partial charge in [-0.2, -0.15) is 0 Å². The summed E-state index contributed by atoms with van der Waals surface area (Å²) in [5.41, 5.74) is 6.33. The number of hydrogen-bond donors (Lipinski definition) is 1. The predicted octanol–water partition coefficient (Wildman–Crippen LogP) is 1.17. The van der Waals surface area contributed by atoms with E-state index in [1.165, 1.54) is 0 Å². The number of hydrogen-bond acceptors (Lipinski definition) is 3. The molecule has 0 heterocycles. The van der Waals surface area contributed by atoms with E-state index < -0.39 is 0 Å². The molecule has 1 amide bonds. The van der Waals surface area contributed by atoms with Crippen molar-refractivity contribution < 1.29 is 9.53 Å². The van der Waals surface area contributed by atoms with Crippen molar-refractivity contribution in [3.8, 4) is 5.75 Å². The van der Waals surface area contributed by atoms with E-state index in [0.717, 1.165) is 11.3 Å². The van der Waals surface area contributed by atoms with Crippen LogP contribution in [0.1, 0.15) is 5.56 Å². The van der Waals surface area contributed by atoms with E-state index in [9.17, 15) is 4.79 Å². The van der Waals surface area contributed by atoms with Crippen molar-refractivity contribution in [3.63, 3.8) is 0 Å². The number of benzene rings is 1. The Morgan fingerprint density at radius 1 is 1.53 bits per heavy atom. The smallest absolute Gasteiger partial charge is 0.236 e. The molecule has 0 saturated heterocycles. The van der Waals surface area contributed by atoms with E-state index in [-0.39, 0.29) is 12.5 Å². The van der Waals surface area contributed by atoms with Gasteiger partial charge in [0, 0.05) is 18.7 Å². The molecule has 0 aliphatic rings. The fraction of sp³-hybridized carbons (Fsp3) is 0.308. The molecule has 1 aromatic carbocycles. The zero-order valence-electron chi connectivity index (χ0n) is 10.1. The number of nitrogens with two attached hydrogens (primary N) is 1. The highest BCUT2D eigenvalue weighted by molar-refractivity contribution is 5.78. The topological polar surface area (TPSA) is 55.6 Å². The molecule has 0 bridgehead atoms. The summed E-state index contributed by atoms with van der Waals surface area (Å²) in [7, 11) is 1.61. The number of methoxy groups -OCH3 is 1. The SMILES string of the molecule is C=CCN(Cc1ccccc1OC)C(=O)CN. The lowest BCUT2D eigenvalue weighted by molar-refractivity contribution is -0.129. The zero-order valence-corrected chi connectivity index (χ0v) is 10.1. The van der Waals surface area contributed by atoms with Gasteiger partial charge in [-0.1, -0.05) is 24.3 Å². The van der Waals surface area contributed by atoms with Crippen LogP contribution in [0.5, 0.6) is 5.75 Å². The minimum Gasteiger partial charge on any atom is -0.496 e. The second kappa shape index (κ2) is 6.70. The van der Waals surface area contributed by atoms with Gasteiger partial charge in [0.1, 0.15) is 5.75 Å². The van der Waals surface area contributed by atoms with Crippen molar-refractivity contribution in [2.45, 2.75) is 6.54 Å². The van der Waals surface area contributed by atoms with Crippen molar-refractivity contribution >= 4 is 5.91 Å². The summed E-state index contributed by atoms with van der Waals surface area (Å²) < 4.78 is 5.24. The maximum Gasteiger partial charge on any atom is 0.236 e. The first-order valence-corrected chi connectivity index (χ1v) is 5.43. The van der Waals surface area contributed by atoms with Gasteiger partial charge in [0.05, 0.1) is 13.7 Å². The summed E-state index contributed by atoms with van der Waals surface area (Å²) in [5, 5.41) is 0. The maximum atomic E-state index is 11.6. The normalized spacial score (nSPS) is 9.76. The van der Waals surface area contributed by atoms with E-state index >= 15 is 0 Å². The molecule has 0 radical (unpaired) electrons. The Labute approximate surface area is 102 Å². The van der Waals surface area contributed by atoms with Crippen LogP contribution in [-0.4, -0.2) is 31.0 Å². The van der Waals surface area contributed by atoms with Gasteiger partial charge in [-0.15, -0.1) is 6.58 Å². The third-order valence-corrected chi connectivity index (χ3v) is 2.43. The molecular weight excluding hydrogens is 216 g/mol. The molecule has 0 aromatic heterocycles. The molecular formula is C13H18N2O2. The van der Waals surface area contributed by atoms with E-state index in [1.54, 1.807) is 18.1 Å². The third-order valence-electron chi connectivity index (χ3n) is 2.43. The number of rotatable bonds is 6. The van der Waals surface area contributed by atoms with Crippen LogP contribution in [0.4, 0.5) is 0 Å². The molecule has 0 unspecified atom stereocenters. The lowest BCUT2D eigenvalue weighted by atomic mass is 10.2. The predicted molar refractivity (Wildman–Crippen MR) is 67.7 cm³/mol. The molecule has 1 aromatic rings. The lowest BCUT2D eigenvalue weighted by Crippen LogP contribution is -2.35. The molecule has 0 aliphatic heterocycles. The Hall–Kier alpha value is -1.81. The largest absolute Gasteiger partial charge is 0.496 e. The molecule has 4 heteroatoms. The highest BCUT2D eigenvalue weighted by Crippen LogP contribution is 2.19. The molecule has 0 atom stereocenters. The van der Waals surface area contributed by atoms with Gasteiger partial charge >= 0.3 is 0 Å². The Morgan fingerprint density at radius 2 is 2.24 bits per heavy atom. The Morgan fingerprint density at radius 3 is 2.82 bits per heavy atom. The summed E-state index contributed by atoms with van der Waals surface area (Å²) in [5.74, 6) is 0.669. The van der Waals surface area contributed by atoms with Gasteiger partial charge in [-0.3, -0.25) is 4.79 Å². The van der Waals surface area contributed by atoms with E-state index in [1.807, 2.05) is 24.3 Å². The van der Waals surface area contributed by atoms with Gasteiger partial charge in [0.25, 0.3) is 0 Å². The second-order valence-electron chi connectivity index (χ2n) is 3.58. The van der Waals surface area contributed by atoms with Gasteiger partial charge in [0.2, 0.25) is 5.91 Å². The van der Waals surface area contributed by atoms with Gasteiger partial charge in [-0.05, 0) is 6.07 Å². The summed E-state index contributed by atoms with van der Waals surface area (Å²) in [6, 6.07) is 7.61. The molecule has 0 aliphatic carbocycles. The quantitative estimate of drug-likeness (QED) is 0.752. The zero-order chi connectivity index (χ0) is 12.7. The summed E-state index contributed by atoms with van der Waals surface area (Å²) >= 11 is 0. The van der Waals surface area contributed by atoms with Crippen molar-refractivity contribution in [1.82, 2.24) is 4.90 Å². The van der Waals surface area contributed by atoms with Crippen LogP contribution in [0, 0.1) is 0 Å². The monoisotopic (exact) mass is 234 g/mol. The van der Waals surface area contributed by atoms with E-state index in [4.69, 9.17) is 10.5 Å².